The molecule has 0 bridgehead atoms. The molecule has 2 aliphatic heterocycles. The molecule has 0 spiro atoms. The fourth-order valence-electron chi connectivity index (χ4n) is 4.70. The molecule has 2 heterocycles. The summed E-state index contributed by atoms with van der Waals surface area (Å²) in [7, 11) is 0. The van der Waals surface area contributed by atoms with Crippen molar-refractivity contribution in [3.63, 3.8) is 0 Å². The smallest absolute Gasteiger partial charge is 0.393 e. The molecule has 2 fully saturated rings. The summed E-state index contributed by atoms with van der Waals surface area (Å²) in [6.07, 6.45) is -3.39. The third-order valence-electron chi connectivity index (χ3n) is 6.59. The van der Waals surface area contributed by atoms with Crippen LogP contribution in [0.1, 0.15) is 46.7 Å². The van der Waals surface area contributed by atoms with Gasteiger partial charge in [-0.05, 0) is 55.2 Å². The van der Waals surface area contributed by atoms with Crippen LogP contribution >= 0.6 is 11.6 Å². The van der Waals surface area contributed by atoms with Crippen molar-refractivity contribution in [2.24, 2.45) is 0 Å². The van der Waals surface area contributed by atoms with Gasteiger partial charge in [-0.2, -0.15) is 13.2 Å². The minimum absolute atomic E-state index is 0.199. The van der Waals surface area contributed by atoms with Crippen LogP contribution in [0.2, 0.25) is 5.02 Å². The third kappa shape index (κ3) is 6.27. The first kappa shape index (κ1) is 25.3. The molecule has 2 aliphatic rings. The van der Waals surface area contributed by atoms with E-state index in [1.54, 1.807) is 34.1 Å². The fraction of sp³-hybridized carbons (Fsp3) is 0.440. The molecule has 2 aromatic carbocycles. The Kier molecular flexibility index (Phi) is 7.56. The highest BCUT2D eigenvalue weighted by Crippen LogP contribution is 2.33. The van der Waals surface area contributed by atoms with E-state index < -0.39 is 23.9 Å². The molecular formula is C25H27ClF3N3O3. The van der Waals surface area contributed by atoms with Gasteiger partial charge in [-0.15, -0.1) is 0 Å². The number of carbonyl (C=O) groups excluding carboxylic acids is 2. The maximum atomic E-state index is 13.3. The van der Waals surface area contributed by atoms with Crippen molar-refractivity contribution in [2.75, 3.05) is 26.2 Å². The van der Waals surface area contributed by atoms with Gasteiger partial charge in [0.15, 0.2) is 0 Å². The lowest BCUT2D eigenvalue weighted by atomic mass is 9.87. The van der Waals surface area contributed by atoms with E-state index in [0.717, 1.165) is 12.1 Å². The molecule has 0 aliphatic carbocycles. The van der Waals surface area contributed by atoms with Crippen LogP contribution in [-0.2, 0) is 6.18 Å². The van der Waals surface area contributed by atoms with Crippen LogP contribution < -0.4 is 5.32 Å². The summed E-state index contributed by atoms with van der Waals surface area (Å²) in [6.45, 7) is 1.47. The van der Waals surface area contributed by atoms with Crippen LogP contribution in [0, 0.1) is 0 Å². The molecular weight excluding hydrogens is 483 g/mol. The SMILES string of the molecule is O=C(NC1CC(c2ccc(C(F)(F)F)cc2)CN(C(=O)N2CCC(O)CC2)C1)c1cccc(Cl)c1. The van der Waals surface area contributed by atoms with Gasteiger partial charge >= 0.3 is 12.2 Å². The summed E-state index contributed by atoms with van der Waals surface area (Å²) in [4.78, 5) is 29.4. The van der Waals surface area contributed by atoms with E-state index in [1.165, 1.54) is 12.1 Å². The summed E-state index contributed by atoms with van der Waals surface area (Å²) in [5.41, 5.74) is 0.325. The van der Waals surface area contributed by atoms with Gasteiger partial charge in [-0.1, -0.05) is 29.8 Å². The number of alkyl halides is 3. The monoisotopic (exact) mass is 509 g/mol. The molecule has 4 rings (SSSR count). The van der Waals surface area contributed by atoms with Gasteiger partial charge in [0.05, 0.1) is 11.7 Å². The van der Waals surface area contributed by atoms with E-state index in [2.05, 4.69) is 5.32 Å². The summed E-state index contributed by atoms with van der Waals surface area (Å²) in [6, 6.07) is 10.9. The molecule has 2 atom stereocenters. The first-order chi connectivity index (χ1) is 16.6. The molecule has 0 radical (unpaired) electrons. The number of hydrogen-bond donors (Lipinski definition) is 2. The van der Waals surface area contributed by atoms with E-state index in [9.17, 15) is 27.9 Å². The van der Waals surface area contributed by atoms with Crippen molar-refractivity contribution in [3.05, 3.63) is 70.2 Å². The Hall–Kier alpha value is -2.78. The van der Waals surface area contributed by atoms with Crippen molar-refractivity contribution < 1.29 is 27.9 Å². The number of aliphatic hydroxyl groups is 1. The summed E-state index contributed by atoms with van der Waals surface area (Å²) in [5.74, 6) is -0.589. The van der Waals surface area contributed by atoms with Crippen LogP contribution in [0.3, 0.4) is 0 Å². The van der Waals surface area contributed by atoms with Crippen LogP contribution in [0.4, 0.5) is 18.0 Å². The standard InChI is InChI=1S/C25H27ClF3N3O3/c26-20-3-1-2-17(12-20)23(34)30-21-13-18(16-4-6-19(7-5-16)25(27,28)29)14-32(15-21)24(35)31-10-8-22(33)9-11-31/h1-7,12,18,21-22,33H,8-11,13-15H2,(H,30,34). The lowest BCUT2D eigenvalue weighted by Crippen LogP contribution is -2.56. The van der Waals surface area contributed by atoms with Gasteiger partial charge < -0.3 is 20.2 Å². The molecule has 3 amide bonds. The zero-order valence-corrected chi connectivity index (χ0v) is 19.7. The second-order valence-electron chi connectivity index (χ2n) is 9.14. The van der Waals surface area contributed by atoms with E-state index in [0.29, 0.717) is 55.0 Å². The van der Waals surface area contributed by atoms with E-state index >= 15 is 0 Å². The molecule has 2 saturated heterocycles. The number of likely N-dealkylation sites (tertiary alicyclic amines) is 2. The highest BCUT2D eigenvalue weighted by molar-refractivity contribution is 6.30. The molecule has 6 nitrogen and oxygen atoms in total. The number of piperidine rings is 2. The molecule has 0 saturated carbocycles. The predicted octanol–water partition coefficient (Wildman–Crippen LogP) is 4.52. The van der Waals surface area contributed by atoms with Crippen LogP contribution in [0.15, 0.2) is 48.5 Å². The number of halogens is 4. The van der Waals surface area contributed by atoms with Gasteiger partial charge in [0.1, 0.15) is 0 Å². The molecule has 10 heteroatoms. The summed E-state index contributed by atoms with van der Waals surface area (Å²) < 4.78 is 39.1. The first-order valence-electron chi connectivity index (χ1n) is 11.6. The molecule has 188 valence electrons. The Morgan fingerprint density at radius 1 is 1.00 bits per heavy atom. The summed E-state index contributed by atoms with van der Waals surface area (Å²) in [5, 5.41) is 13.2. The van der Waals surface area contributed by atoms with E-state index in [4.69, 9.17) is 11.6 Å². The van der Waals surface area contributed by atoms with Crippen molar-refractivity contribution in [2.45, 2.75) is 43.5 Å². The molecule has 2 aromatic rings. The van der Waals surface area contributed by atoms with Crippen molar-refractivity contribution in [1.82, 2.24) is 15.1 Å². The number of urea groups is 1. The Morgan fingerprint density at radius 3 is 2.31 bits per heavy atom. The second kappa shape index (κ2) is 10.5. The van der Waals surface area contributed by atoms with Crippen LogP contribution in [0.5, 0.6) is 0 Å². The topological polar surface area (TPSA) is 72.9 Å². The van der Waals surface area contributed by atoms with Crippen molar-refractivity contribution in [3.8, 4) is 0 Å². The second-order valence-corrected chi connectivity index (χ2v) is 9.58. The first-order valence-corrected chi connectivity index (χ1v) is 11.9. The minimum Gasteiger partial charge on any atom is -0.393 e. The largest absolute Gasteiger partial charge is 0.416 e. The number of rotatable bonds is 3. The highest BCUT2D eigenvalue weighted by Gasteiger charge is 2.35. The van der Waals surface area contributed by atoms with E-state index in [-0.39, 0.29) is 24.4 Å². The highest BCUT2D eigenvalue weighted by atomic mass is 35.5. The van der Waals surface area contributed by atoms with E-state index in [1.807, 2.05) is 0 Å². The lowest BCUT2D eigenvalue weighted by molar-refractivity contribution is -0.137. The number of nitrogens with zero attached hydrogens (tertiary/aromatic N) is 2. The number of amides is 3. The average Bonchev–Trinajstić information content (AvgIpc) is 2.83. The number of hydrogen-bond acceptors (Lipinski definition) is 3. The Balaban J connectivity index is 1.54. The lowest BCUT2D eigenvalue weighted by Gasteiger charge is -2.41. The predicted molar refractivity (Wildman–Crippen MR) is 125 cm³/mol. The number of benzene rings is 2. The Bertz CT molecular complexity index is 1060. The van der Waals surface area contributed by atoms with Gasteiger partial charge in [0, 0.05) is 48.7 Å². The van der Waals surface area contributed by atoms with Gasteiger partial charge in [0.25, 0.3) is 5.91 Å². The zero-order chi connectivity index (χ0) is 25.2. The molecule has 0 aromatic heterocycles. The van der Waals surface area contributed by atoms with Crippen LogP contribution in [0.25, 0.3) is 0 Å². The van der Waals surface area contributed by atoms with Gasteiger partial charge in [0.2, 0.25) is 0 Å². The van der Waals surface area contributed by atoms with Crippen molar-refractivity contribution in [1.29, 1.82) is 0 Å². The number of nitrogens with one attached hydrogen (secondary N) is 1. The normalized spacial score (nSPS) is 21.6. The average molecular weight is 510 g/mol. The van der Waals surface area contributed by atoms with Crippen LogP contribution in [-0.4, -0.2) is 65.2 Å². The minimum atomic E-state index is -4.43. The fourth-order valence-corrected chi connectivity index (χ4v) is 4.89. The number of carbonyl (C=O) groups is 2. The maximum absolute atomic E-state index is 13.3. The van der Waals surface area contributed by atoms with Gasteiger partial charge in [-0.25, -0.2) is 4.79 Å². The molecule has 2 unspecified atom stereocenters. The molecule has 2 N–H and O–H groups in total. The quantitative estimate of drug-likeness (QED) is 0.639. The Labute approximate surface area is 206 Å². The maximum Gasteiger partial charge on any atom is 0.416 e. The third-order valence-corrected chi connectivity index (χ3v) is 6.82. The zero-order valence-electron chi connectivity index (χ0n) is 19.0. The van der Waals surface area contributed by atoms with Gasteiger partial charge in [-0.3, -0.25) is 4.79 Å². The van der Waals surface area contributed by atoms with Crippen molar-refractivity contribution >= 4 is 23.5 Å². The Morgan fingerprint density at radius 2 is 1.69 bits per heavy atom. The number of aliphatic hydroxyl groups excluding tert-OH is 1. The molecule has 35 heavy (non-hydrogen) atoms. The summed E-state index contributed by atoms with van der Waals surface area (Å²) >= 11 is 6.00.